The molecule has 70 heavy (non-hydrogen) atoms. The number of likely N-dealkylation sites (tertiary alicyclic amines) is 1. The van der Waals surface area contributed by atoms with Crippen LogP contribution in [0.3, 0.4) is 0 Å². The lowest BCUT2D eigenvalue weighted by Crippen LogP contribution is -2.61. The molecule has 1 aromatic carbocycles. The molecule has 0 radical (unpaired) electrons. The summed E-state index contributed by atoms with van der Waals surface area (Å²) in [5.74, 6) is 3.29. The zero-order valence-corrected chi connectivity index (χ0v) is 42.3. The lowest BCUT2D eigenvalue weighted by atomic mass is 9.84. The number of pyridine rings is 1. The number of carbonyl (C=O) groups excluding carboxylic acids is 4. The Bertz CT molecular complexity index is 2650. The van der Waals surface area contributed by atoms with E-state index in [2.05, 4.69) is 31.9 Å². The molecule has 0 saturated carbocycles. The monoisotopic (exact) mass is 991 g/mol. The van der Waals surface area contributed by atoms with E-state index in [-0.39, 0.29) is 56.4 Å². The summed E-state index contributed by atoms with van der Waals surface area (Å²) in [4.78, 5) is 68.3. The fourth-order valence-electron chi connectivity index (χ4n) is 8.67. The second kappa shape index (κ2) is 21.1. The number of aromatic nitrogens is 4. The summed E-state index contributed by atoms with van der Waals surface area (Å²) in [5.41, 5.74) is 4.54. The van der Waals surface area contributed by atoms with E-state index in [0.717, 1.165) is 11.5 Å². The van der Waals surface area contributed by atoms with Crippen molar-refractivity contribution in [1.29, 1.82) is 0 Å². The highest BCUT2D eigenvalue weighted by atomic mass is 32.1. The minimum atomic E-state index is -4.59. The van der Waals surface area contributed by atoms with Gasteiger partial charge in [0.2, 0.25) is 5.91 Å². The van der Waals surface area contributed by atoms with E-state index >= 15 is 0 Å². The first-order valence-corrected chi connectivity index (χ1v) is 24.4. The number of esters is 1. The summed E-state index contributed by atoms with van der Waals surface area (Å²) >= 11 is 1.07. The Hall–Kier alpha value is -5.46. The molecule has 3 amide bonds. The number of hydrogen-bond acceptors (Lipinski definition) is 13. The first-order chi connectivity index (χ1) is 32.9. The SMILES string of the molecule is CO[C@@H](C)c1ncccc1-c1c2c3cc(ccc3n1CC(F)(F)F)-c1nc(ns1)C[C@H](NC(=O)[C@@H](COC1CN(C(=O)C#CC(C)(C)N(C)C)C1)C(C)C)C(=O)N1CCC[C@H](N1)C(=O)OCC(C)(C)C2. The Morgan fingerprint density at radius 2 is 1.87 bits per heavy atom. The van der Waals surface area contributed by atoms with Crippen molar-refractivity contribution in [3.05, 3.63) is 53.6 Å². The number of carbonyl (C=O) groups is 4. The molecule has 2 N–H and O–H groups in total. The number of nitrogens with one attached hydrogen (secondary N) is 2. The Balaban J connectivity index is 1.21. The Labute approximate surface area is 411 Å². The highest BCUT2D eigenvalue weighted by Gasteiger charge is 2.39. The first kappa shape index (κ1) is 52.4. The van der Waals surface area contributed by atoms with Crippen molar-refractivity contribution in [2.45, 2.75) is 117 Å². The van der Waals surface area contributed by atoms with Gasteiger partial charge in [-0.15, -0.1) is 0 Å². The molecule has 0 unspecified atom stereocenters. The molecule has 3 aliphatic heterocycles. The lowest BCUT2D eigenvalue weighted by molar-refractivity contribution is -0.155. The smallest absolute Gasteiger partial charge is 0.406 e. The van der Waals surface area contributed by atoms with Gasteiger partial charge in [-0.1, -0.05) is 33.6 Å². The maximum atomic E-state index is 14.6. The van der Waals surface area contributed by atoms with Gasteiger partial charge in [-0.3, -0.25) is 34.1 Å². The average Bonchev–Trinajstić information content (AvgIpc) is 3.87. The van der Waals surface area contributed by atoms with Gasteiger partial charge in [0.25, 0.3) is 11.8 Å². The summed E-state index contributed by atoms with van der Waals surface area (Å²) in [6.07, 6.45) is -2.95. The van der Waals surface area contributed by atoms with E-state index in [1.165, 1.54) is 16.7 Å². The van der Waals surface area contributed by atoms with Gasteiger partial charge in [-0.25, -0.2) is 10.4 Å². The largest absolute Gasteiger partial charge is 0.464 e. The summed E-state index contributed by atoms with van der Waals surface area (Å²) in [7, 11) is 5.30. The fraction of sp³-hybridized carbons (Fsp3) is 0.580. The third-order valence-corrected chi connectivity index (χ3v) is 14.2. The predicted molar refractivity (Wildman–Crippen MR) is 258 cm³/mol. The van der Waals surface area contributed by atoms with Gasteiger partial charge in [-0.05, 0) is 113 Å². The van der Waals surface area contributed by atoms with Gasteiger partial charge < -0.3 is 29.0 Å². The Morgan fingerprint density at radius 3 is 2.56 bits per heavy atom. The van der Waals surface area contributed by atoms with Gasteiger partial charge in [0.15, 0.2) is 0 Å². The van der Waals surface area contributed by atoms with Crippen LogP contribution in [0, 0.1) is 29.1 Å². The number of nitrogens with zero attached hydrogens (tertiary/aromatic N) is 7. The molecule has 4 aromatic rings. The highest BCUT2D eigenvalue weighted by molar-refractivity contribution is 7.09. The van der Waals surface area contributed by atoms with Crippen LogP contribution in [-0.2, 0) is 52.8 Å². The summed E-state index contributed by atoms with van der Waals surface area (Å²) in [6.45, 7) is 12.7. The molecule has 7 rings (SSSR count). The second-order valence-electron chi connectivity index (χ2n) is 20.3. The van der Waals surface area contributed by atoms with Crippen molar-refractivity contribution in [2.24, 2.45) is 17.3 Å². The van der Waals surface area contributed by atoms with E-state index in [4.69, 9.17) is 19.2 Å². The van der Waals surface area contributed by atoms with Crippen LogP contribution >= 0.6 is 11.5 Å². The van der Waals surface area contributed by atoms with Crippen molar-refractivity contribution in [3.63, 3.8) is 0 Å². The molecular weight excluding hydrogens is 928 g/mol. The van der Waals surface area contributed by atoms with Crippen LogP contribution in [0.2, 0.25) is 0 Å². The number of cyclic esters (lactones) is 1. The summed E-state index contributed by atoms with van der Waals surface area (Å²) in [6, 6.07) is 6.51. The number of amides is 3. The van der Waals surface area contributed by atoms with E-state index in [1.807, 2.05) is 60.5 Å². The van der Waals surface area contributed by atoms with E-state index in [9.17, 15) is 32.3 Å². The number of benzene rings is 1. The number of fused-ring (bicyclic) bond motifs is 6. The molecule has 6 bridgehead atoms. The number of hydrazine groups is 1. The van der Waals surface area contributed by atoms with E-state index < -0.39 is 65.6 Å². The van der Waals surface area contributed by atoms with Crippen LogP contribution in [0.1, 0.15) is 84.5 Å². The zero-order valence-electron chi connectivity index (χ0n) is 41.5. The third kappa shape index (κ3) is 12.0. The van der Waals surface area contributed by atoms with Gasteiger partial charge >= 0.3 is 12.1 Å². The molecular formula is C50H64F3N9O7S. The van der Waals surface area contributed by atoms with Crippen LogP contribution < -0.4 is 10.7 Å². The van der Waals surface area contributed by atoms with Gasteiger partial charge in [0.1, 0.15) is 29.5 Å². The van der Waals surface area contributed by atoms with Gasteiger partial charge in [0, 0.05) is 66.8 Å². The fourth-order valence-corrected chi connectivity index (χ4v) is 9.36. The third-order valence-electron chi connectivity index (χ3n) is 13.4. The second-order valence-corrected chi connectivity index (χ2v) is 21.1. The molecule has 16 nitrogen and oxygen atoms in total. The molecule has 3 aliphatic rings. The van der Waals surface area contributed by atoms with E-state index in [0.29, 0.717) is 69.9 Å². The number of rotatable bonds is 11. The first-order valence-electron chi connectivity index (χ1n) is 23.6. The number of ether oxygens (including phenoxy) is 3. The predicted octanol–water partition coefficient (Wildman–Crippen LogP) is 5.98. The lowest BCUT2D eigenvalue weighted by Gasteiger charge is -2.38. The molecule has 20 heteroatoms. The van der Waals surface area contributed by atoms with Crippen LogP contribution in [-0.4, -0.2) is 141 Å². The van der Waals surface area contributed by atoms with E-state index in [1.54, 1.807) is 48.4 Å². The number of alkyl halides is 3. The van der Waals surface area contributed by atoms with Gasteiger partial charge in [-0.2, -0.15) is 17.5 Å². The number of hydrogen-bond donors (Lipinski definition) is 2. The van der Waals surface area contributed by atoms with Crippen molar-refractivity contribution >= 4 is 46.1 Å². The molecule has 6 heterocycles. The average molecular weight is 992 g/mol. The van der Waals surface area contributed by atoms with Crippen LogP contribution in [0.5, 0.6) is 0 Å². The van der Waals surface area contributed by atoms with Crippen LogP contribution in [0.15, 0.2) is 36.5 Å². The normalized spacial score (nSPS) is 20.1. The Morgan fingerprint density at radius 1 is 1.13 bits per heavy atom. The standard InChI is InChI=1S/C50H64F3N9O7S/c1-29(2)36(26-68-32-24-60(25-32)41(63)17-18-49(6,7)59(8)9)44(64)55-38-22-40-56-45(70-58-40)31-15-16-39-34(21-31)35(23-48(4,5)28-69-47(66)37-14-12-20-62(57-37)46(38)65)43(61(39)27-50(51,52)53)33-13-11-19-54-42(33)30(3)67-10/h11,13,15-16,19,21,29-30,32,36-38,57H,12,14,20,22-28H2,1-10H3,(H,55,64)/t30-,36-,37-,38-/m0/s1. The molecule has 0 aliphatic carbocycles. The molecule has 2 saturated heterocycles. The molecule has 0 spiro atoms. The summed E-state index contributed by atoms with van der Waals surface area (Å²) < 4.78 is 67.6. The van der Waals surface area contributed by atoms with Crippen LogP contribution in [0.25, 0.3) is 32.7 Å². The maximum Gasteiger partial charge on any atom is 0.406 e. The van der Waals surface area contributed by atoms with Crippen molar-refractivity contribution in [1.82, 2.24) is 44.5 Å². The molecule has 4 atom stereocenters. The number of halogens is 3. The van der Waals surface area contributed by atoms with Gasteiger partial charge in [0.05, 0.1) is 48.3 Å². The molecule has 378 valence electrons. The molecule has 3 aromatic heterocycles. The van der Waals surface area contributed by atoms with Crippen LogP contribution in [0.4, 0.5) is 13.2 Å². The van der Waals surface area contributed by atoms with Crippen molar-refractivity contribution in [3.8, 4) is 33.7 Å². The Kier molecular flexibility index (Phi) is 15.8. The minimum absolute atomic E-state index is 0.0339. The maximum absolute atomic E-state index is 14.6. The number of methoxy groups -OCH3 is 1. The summed E-state index contributed by atoms with van der Waals surface area (Å²) in [5, 5.41) is 5.30. The quantitative estimate of drug-likeness (QED) is 0.133. The minimum Gasteiger partial charge on any atom is -0.464 e. The highest BCUT2D eigenvalue weighted by Crippen LogP contribution is 2.43. The zero-order chi connectivity index (χ0) is 50.9. The van der Waals surface area contributed by atoms with Crippen molar-refractivity contribution in [2.75, 3.05) is 54.1 Å². The topological polar surface area (TPSA) is 173 Å². The molecule has 2 fully saturated rings. The van der Waals surface area contributed by atoms with Crippen molar-refractivity contribution < 1.29 is 46.6 Å².